The molecule has 3 aromatic rings. The molecule has 1 atom stereocenters. The Balaban J connectivity index is 1.58. The van der Waals surface area contributed by atoms with Crippen LogP contribution in [0.1, 0.15) is 34.1 Å². The Morgan fingerprint density at radius 3 is 2.54 bits per heavy atom. The normalized spacial score (nSPS) is 16.1. The van der Waals surface area contributed by atoms with Gasteiger partial charge in [-0.15, -0.1) is 0 Å². The van der Waals surface area contributed by atoms with Gasteiger partial charge in [-0.1, -0.05) is 23.7 Å². The number of anilines is 4. The molecule has 2 heterocycles. The molecule has 0 amide bonds. The van der Waals surface area contributed by atoms with E-state index in [9.17, 15) is 8.42 Å². The van der Waals surface area contributed by atoms with E-state index in [1.54, 1.807) is 32.0 Å². The van der Waals surface area contributed by atoms with Crippen LogP contribution in [0, 0.1) is 0 Å². The van der Waals surface area contributed by atoms with Gasteiger partial charge in [0.25, 0.3) is 0 Å². The molecule has 1 aliphatic rings. The molecule has 39 heavy (non-hydrogen) atoms. The van der Waals surface area contributed by atoms with E-state index < -0.39 is 10.0 Å². The lowest BCUT2D eigenvalue weighted by molar-refractivity contribution is 0.204. The van der Waals surface area contributed by atoms with Crippen LogP contribution in [0.2, 0.25) is 5.02 Å². The van der Waals surface area contributed by atoms with E-state index >= 15 is 0 Å². The average molecular weight is 575 g/mol. The molecule has 1 saturated heterocycles. The van der Waals surface area contributed by atoms with Gasteiger partial charge < -0.3 is 25.0 Å². The number of nitrogens with one attached hydrogen (secondary N) is 3. The maximum Gasteiger partial charge on any atom is 0.242 e. The van der Waals surface area contributed by atoms with E-state index in [0.29, 0.717) is 17.1 Å². The van der Waals surface area contributed by atoms with Crippen LogP contribution in [-0.4, -0.2) is 61.7 Å². The van der Waals surface area contributed by atoms with Crippen molar-refractivity contribution in [3.63, 3.8) is 0 Å². The molecule has 2 aromatic carbocycles. The van der Waals surface area contributed by atoms with Crippen LogP contribution < -0.4 is 24.8 Å². The Hall–Kier alpha value is -3.12. The zero-order valence-electron chi connectivity index (χ0n) is 22.7. The lowest BCUT2D eigenvalue weighted by Crippen LogP contribution is -2.30. The molecule has 0 aliphatic carbocycles. The molecule has 12 heteroatoms. The molecule has 210 valence electrons. The van der Waals surface area contributed by atoms with Gasteiger partial charge in [0.05, 0.1) is 23.7 Å². The van der Waals surface area contributed by atoms with Crippen LogP contribution >= 0.6 is 11.6 Å². The van der Waals surface area contributed by atoms with Gasteiger partial charge in [-0.2, -0.15) is 4.98 Å². The van der Waals surface area contributed by atoms with Crippen LogP contribution in [0.4, 0.5) is 23.1 Å². The van der Waals surface area contributed by atoms with Crippen molar-refractivity contribution in [2.24, 2.45) is 0 Å². The Labute approximate surface area is 235 Å². The van der Waals surface area contributed by atoms with Crippen molar-refractivity contribution in [2.45, 2.75) is 57.3 Å². The number of ether oxygens (including phenoxy) is 2. The molecule has 4 rings (SSSR count). The highest BCUT2D eigenvalue weighted by Gasteiger charge is 2.22. The first-order valence-electron chi connectivity index (χ1n) is 12.8. The van der Waals surface area contributed by atoms with Gasteiger partial charge in [0.15, 0.2) is 5.82 Å². The van der Waals surface area contributed by atoms with Crippen molar-refractivity contribution in [1.82, 2.24) is 19.6 Å². The van der Waals surface area contributed by atoms with Gasteiger partial charge in [-0.3, -0.25) is 0 Å². The summed E-state index contributed by atoms with van der Waals surface area (Å²) in [6, 6.07) is 11.9. The highest BCUT2D eigenvalue weighted by atomic mass is 35.5. The maximum atomic E-state index is 12.9. The van der Waals surface area contributed by atoms with Crippen LogP contribution in [0.3, 0.4) is 0 Å². The molecule has 10 nitrogen and oxygen atoms in total. The fourth-order valence-electron chi connectivity index (χ4n) is 4.15. The Bertz CT molecular complexity index is 1400. The number of likely N-dealkylation sites (tertiary alicyclic amines) is 1. The number of hydrogen-bond acceptors (Lipinski definition) is 9. The summed E-state index contributed by atoms with van der Waals surface area (Å²) in [7, 11) is -1.68. The summed E-state index contributed by atoms with van der Waals surface area (Å²) in [5, 5.41) is 6.47. The number of likely N-dealkylation sites (N-methyl/N-ethyl adjacent to an activating group) is 1. The van der Waals surface area contributed by atoms with Gasteiger partial charge in [0.1, 0.15) is 27.5 Å². The average Bonchev–Trinajstić information content (AvgIpc) is 3.26. The number of hydrogen-bond donors (Lipinski definition) is 3. The molecular weight excluding hydrogens is 540 g/mol. The number of halogens is 1. The minimum absolute atomic E-state index is 0.0697. The molecule has 0 radical (unpaired) electrons. The molecule has 1 aromatic heterocycles. The standard InChI is InChI=1S/C27H35ClN6O4S/c1-17(2)33-39(35,36)25-9-7-6-8-23(25)30-26-21(28)15-29-27(32-26)31-22-11-10-19(14-24(22)37-18(3)4)38-20-12-13-34(5)16-20/h6-11,14-15,17-18,20,33H,12-13,16H2,1-5H3,(H2,29,30,31,32). The first-order valence-corrected chi connectivity index (χ1v) is 14.7. The third-order valence-corrected chi connectivity index (χ3v) is 7.77. The van der Waals surface area contributed by atoms with Crippen LogP contribution in [0.15, 0.2) is 53.6 Å². The maximum absolute atomic E-state index is 12.9. The van der Waals surface area contributed by atoms with E-state index in [-0.39, 0.29) is 39.9 Å². The summed E-state index contributed by atoms with van der Waals surface area (Å²) >= 11 is 6.39. The summed E-state index contributed by atoms with van der Waals surface area (Å²) in [5.74, 6) is 1.82. The smallest absolute Gasteiger partial charge is 0.242 e. The number of aromatic nitrogens is 2. The van der Waals surface area contributed by atoms with E-state index in [1.165, 1.54) is 12.3 Å². The van der Waals surface area contributed by atoms with Gasteiger partial charge in [-0.05, 0) is 65.4 Å². The topological polar surface area (TPSA) is 118 Å². The molecule has 0 spiro atoms. The number of benzene rings is 2. The molecule has 0 bridgehead atoms. The summed E-state index contributed by atoms with van der Waals surface area (Å²) < 4.78 is 40.6. The number of para-hydroxylation sites is 1. The van der Waals surface area contributed by atoms with Gasteiger partial charge >= 0.3 is 0 Å². The molecular formula is C27H35ClN6O4S. The van der Waals surface area contributed by atoms with Crippen molar-refractivity contribution in [3.8, 4) is 11.5 Å². The van der Waals surface area contributed by atoms with Crippen molar-refractivity contribution in [2.75, 3.05) is 30.8 Å². The third-order valence-electron chi connectivity index (χ3n) is 5.78. The Kier molecular flexibility index (Phi) is 9.16. The molecule has 1 unspecified atom stereocenters. The summed E-state index contributed by atoms with van der Waals surface area (Å²) in [4.78, 5) is 11.1. The van der Waals surface area contributed by atoms with Crippen LogP contribution in [0.5, 0.6) is 11.5 Å². The minimum atomic E-state index is -3.76. The number of sulfonamides is 1. The van der Waals surface area contributed by atoms with Crippen molar-refractivity contribution in [1.29, 1.82) is 0 Å². The largest absolute Gasteiger partial charge is 0.489 e. The quantitative estimate of drug-likeness (QED) is 0.285. The number of nitrogens with zero attached hydrogens (tertiary/aromatic N) is 3. The zero-order chi connectivity index (χ0) is 28.2. The van der Waals surface area contributed by atoms with Crippen LogP contribution in [-0.2, 0) is 10.0 Å². The third kappa shape index (κ3) is 7.72. The fraction of sp³-hybridized carbons (Fsp3) is 0.407. The van der Waals surface area contributed by atoms with Gasteiger partial charge in [0, 0.05) is 25.2 Å². The summed E-state index contributed by atoms with van der Waals surface area (Å²) in [6.07, 6.45) is 2.49. The lowest BCUT2D eigenvalue weighted by atomic mass is 10.2. The van der Waals surface area contributed by atoms with Gasteiger partial charge in [0.2, 0.25) is 16.0 Å². The zero-order valence-corrected chi connectivity index (χ0v) is 24.3. The second kappa shape index (κ2) is 12.4. The SMILES string of the molecule is CC(C)NS(=O)(=O)c1ccccc1Nc1nc(Nc2ccc(OC3CCN(C)C3)cc2OC(C)C)ncc1Cl. The highest BCUT2D eigenvalue weighted by molar-refractivity contribution is 7.89. The fourth-order valence-corrected chi connectivity index (χ4v) is 5.71. The first kappa shape index (κ1) is 28.9. The Morgan fingerprint density at radius 2 is 1.85 bits per heavy atom. The molecule has 0 saturated carbocycles. The van der Waals surface area contributed by atoms with Gasteiger partial charge in [-0.25, -0.2) is 18.1 Å². The van der Waals surface area contributed by atoms with E-state index in [2.05, 4.69) is 37.3 Å². The minimum Gasteiger partial charge on any atom is -0.489 e. The summed E-state index contributed by atoms with van der Waals surface area (Å²) in [6.45, 7) is 9.31. The summed E-state index contributed by atoms with van der Waals surface area (Å²) in [5.41, 5.74) is 0.983. The predicted molar refractivity (Wildman–Crippen MR) is 154 cm³/mol. The molecule has 1 fully saturated rings. The number of rotatable bonds is 11. The van der Waals surface area contributed by atoms with E-state index in [0.717, 1.165) is 25.3 Å². The second-order valence-corrected chi connectivity index (χ2v) is 12.1. The second-order valence-electron chi connectivity index (χ2n) is 10.0. The highest BCUT2D eigenvalue weighted by Crippen LogP contribution is 2.34. The Morgan fingerprint density at radius 1 is 1.08 bits per heavy atom. The molecule has 1 aliphatic heterocycles. The van der Waals surface area contributed by atoms with Crippen molar-refractivity contribution < 1.29 is 17.9 Å². The van der Waals surface area contributed by atoms with Crippen molar-refractivity contribution >= 4 is 44.8 Å². The van der Waals surface area contributed by atoms with E-state index in [4.69, 9.17) is 21.1 Å². The van der Waals surface area contributed by atoms with E-state index in [1.807, 2.05) is 32.0 Å². The monoisotopic (exact) mass is 574 g/mol. The molecule has 3 N–H and O–H groups in total. The lowest BCUT2D eigenvalue weighted by Gasteiger charge is -2.19. The van der Waals surface area contributed by atoms with Crippen molar-refractivity contribution in [3.05, 3.63) is 53.7 Å². The predicted octanol–water partition coefficient (Wildman–Crippen LogP) is 5.17. The first-order chi connectivity index (χ1) is 18.5. The van der Waals surface area contributed by atoms with Crippen LogP contribution in [0.25, 0.3) is 0 Å².